The van der Waals surface area contributed by atoms with Gasteiger partial charge in [0.15, 0.2) is 0 Å². The third-order valence-corrected chi connectivity index (χ3v) is 21.7. The average Bonchev–Trinajstić information content (AvgIpc) is 3.67. The van der Waals surface area contributed by atoms with Gasteiger partial charge in [-0.1, -0.05) is 0 Å². The number of hydrogen-bond donors (Lipinski definition) is 0. The van der Waals surface area contributed by atoms with Crippen molar-refractivity contribution in [1.29, 1.82) is 0 Å². The van der Waals surface area contributed by atoms with E-state index in [0.717, 1.165) is 0 Å². The standard InChI is InChI=1S/C50H37GeN/c1-34-31-38(36-15-5-3-6-16-36)25-29-49(34)52(50-30-26-39(32-35(50)2)37-17-7-4-8-18-37)40-27-28-44-43-21-11-14-24-47(43)51(48(44)33-40)45-22-12-9-19-41(45)42-20-10-13-23-46(42)51/h3-33H,1-2H3. The van der Waals surface area contributed by atoms with Gasteiger partial charge in [-0.3, -0.25) is 0 Å². The van der Waals surface area contributed by atoms with E-state index in [1.165, 1.54) is 77.1 Å². The molecule has 0 bridgehead atoms. The first-order chi connectivity index (χ1) is 25.6. The van der Waals surface area contributed by atoms with Crippen LogP contribution in [0.1, 0.15) is 11.1 Å². The van der Waals surface area contributed by atoms with Crippen molar-refractivity contribution in [2.75, 3.05) is 4.90 Å². The van der Waals surface area contributed by atoms with Gasteiger partial charge in [-0.25, -0.2) is 0 Å². The summed E-state index contributed by atoms with van der Waals surface area (Å²) in [6.07, 6.45) is 0. The first-order valence-corrected chi connectivity index (χ1v) is 22.4. The normalized spacial score (nSPS) is 13.0. The van der Waals surface area contributed by atoms with E-state index in [2.05, 4.69) is 207 Å². The Morgan fingerprint density at radius 3 is 1.17 bits per heavy atom. The van der Waals surface area contributed by atoms with Crippen LogP contribution in [0.4, 0.5) is 17.1 Å². The number of nitrogens with zero attached hydrogens (tertiary/aromatic N) is 1. The molecular formula is C50H37GeN. The SMILES string of the molecule is Cc1cc(-c2ccccc2)ccc1N(c1ccc2[c](c1)[Ge]1([c]3ccccc3-c3cccc[c]31)[c]1ccccc1-2)c1ccc(-c2ccccc2)cc1C. The van der Waals surface area contributed by atoms with Gasteiger partial charge in [-0.15, -0.1) is 0 Å². The summed E-state index contributed by atoms with van der Waals surface area (Å²) in [6, 6.07) is 70.4. The van der Waals surface area contributed by atoms with Crippen molar-refractivity contribution in [2.45, 2.75) is 13.8 Å². The molecular weight excluding hydrogens is 687 g/mol. The number of benzene rings is 8. The van der Waals surface area contributed by atoms with E-state index >= 15 is 0 Å². The van der Waals surface area contributed by atoms with Gasteiger partial charge >= 0.3 is 310 Å². The van der Waals surface area contributed by atoms with Crippen LogP contribution < -0.4 is 22.5 Å². The van der Waals surface area contributed by atoms with Crippen LogP contribution >= 0.6 is 0 Å². The third-order valence-electron chi connectivity index (χ3n) is 11.3. The van der Waals surface area contributed by atoms with Gasteiger partial charge < -0.3 is 0 Å². The molecule has 8 aromatic rings. The minimum atomic E-state index is -3.36. The Kier molecular flexibility index (Phi) is 7.20. The minimum absolute atomic E-state index is 1.19. The van der Waals surface area contributed by atoms with E-state index < -0.39 is 13.3 Å². The van der Waals surface area contributed by atoms with Crippen molar-refractivity contribution in [3.8, 4) is 44.5 Å². The fraction of sp³-hybridized carbons (Fsp3) is 0.0400. The fourth-order valence-electron chi connectivity index (χ4n) is 9.06. The van der Waals surface area contributed by atoms with Crippen molar-refractivity contribution in [2.24, 2.45) is 0 Å². The van der Waals surface area contributed by atoms with E-state index in [-0.39, 0.29) is 0 Å². The molecule has 10 rings (SSSR count). The maximum absolute atomic E-state index is 3.36. The Hall–Kier alpha value is -5.90. The molecule has 1 spiro atoms. The Balaban J connectivity index is 1.22. The monoisotopic (exact) mass is 725 g/mol. The predicted octanol–water partition coefficient (Wildman–Crippen LogP) is 10.4. The van der Waals surface area contributed by atoms with Crippen LogP contribution in [0.3, 0.4) is 0 Å². The molecule has 0 saturated carbocycles. The average molecular weight is 724 g/mol. The van der Waals surface area contributed by atoms with Gasteiger partial charge in [0, 0.05) is 0 Å². The Morgan fingerprint density at radius 2 is 0.731 bits per heavy atom. The topological polar surface area (TPSA) is 3.24 Å². The molecule has 0 atom stereocenters. The number of aryl methyl sites for hydroxylation is 2. The second-order valence-corrected chi connectivity index (χ2v) is 21.9. The summed E-state index contributed by atoms with van der Waals surface area (Å²) in [5, 5.41) is 0. The molecule has 52 heavy (non-hydrogen) atoms. The van der Waals surface area contributed by atoms with Gasteiger partial charge in [0.05, 0.1) is 0 Å². The summed E-state index contributed by atoms with van der Waals surface area (Å²) in [4.78, 5) is 2.51. The van der Waals surface area contributed by atoms with Crippen molar-refractivity contribution in [3.05, 3.63) is 199 Å². The van der Waals surface area contributed by atoms with Crippen LogP contribution in [0.2, 0.25) is 0 Å². The number of rotatable bonds is 5. The molecule has 0 fully saturated rings. The third kappa shape index (κ3) is 4.56. The molecule has 1 nitrogen and oxygen atoms in total. The molecule has 2 aliphatic rings. The molecule has 0 amide bonds. The van der Waals surface area contributed by atoms with Gasteiger partial charge in [-0.2, -0.15) is 0 Å². The van der Waals surface area contributed by atoms with Gasteiger partial charge in [-0.05, 0) is 0 Å². The first kappa shape index (κ1) is 30.9. The molecule has 2 heterocycles. The van der Waals surface area contributed by atoms with Gasteiger partial charge in [0.25, 0.3) is 0 Å². The Bertz CT molecular complexity index is 2510. The van der Waals surface area contributed by atoms with Crippen LogP contribution in [0.5, 0.6) is 0 Å². The molecule has 2 aliphatic heterocycles. The Labute approximate surface area is 308 Å². The molecule has 0 saturated heterocycles. The van der Waals surface area contributed by atoms with Crippen LogP contribution in [-0.2, 0) is 0 Å². The second-order valence-electron chi connectivity index (χ2n) is 14.2. The number of anilines is 3. The summed E-state index contributed by atoms with van der Waals surface area (Å²) >= 11 is -3.36. The van der Waals surface area contributed by atoms with Crippen LogP contribution in [-0.4, -0.2) is 13.3 Å². The predicted molar refractivity (Wildman–Crippen MR) is 223 cm³/mol. The van der Waals surface area contributed by atoms with Crippen molar-refractivity contribution < 1.29 is 0 Å². The van der Waals surface area contributed by atoms with Crippen molar-refractivity contribution in [1.82, 2.24) is 0 Å². The Morgan fingerprint density at radius 1 is 0.327 bits per heavy atom. The van der Waals surface area contributed by atoms with E-state index in [1.807, 2.05) is 0 Å². The van der Waals surface area contributed by atoms with Crippen LogP contribution in [0.25, 0.3) is 44.5 Å². The van der Waals surface area contributed by atoms with Crippen molar-refractivity contribution >= 4 is 47.9 Å². The quantitative estimate of drug-likeness (QED) is 0.160. The number of hydrogen-bond acceptors (Lipinski definition) is 1. The van der Waals surface area contributed by atoms with E-state index in [0.29, 0.717) is 0 Å². The number of fused-ring (bicyclic) bond motifs is 10. The van der Waals surface area contributed by atoms with Crippen LogP contribution in [0.15, 0.2) is 188 Å². The molecule has 246 valence electrons. The van der Waals surface area contributed by atoms with Crippen LogP contribution in [0, 0.1) is 13.8 Å². The van der Waals surface area contributed by atoms with Crippen molar-refractivity contribution in [3.63, 3.8) is 0 Å². The molecule has 8 aromatic carbocycles. The zero-order valence-corrected chi connectivity index (χ0v) is 31.4. The molecule has 0 unspecified atom stereocenters. The fourth-order valence-corrected chi connectivity index (χ4v) is 20.9. The van der Waals surface area contributed by atoms with E-state index in [9.17, 15) is 0 Å². The summed E-state index contributed by atoms with van der Waals surface area (Å²) in [6.45, 7) is 4.52. The van der Waals surface area contributed by atoms with Gasteiger partial charge in [0.1, 0.15) is 0 Å². The molecule has 0 aliphatic carbocycles. The summed E-state index contributed by atoms with van der Waals surface area (Å²) in [5.74, 6) is 0. The maximum atomic E-state index is 2.57. The zero-order valence-electron chi connectivity index (χ0n) is 29.3. The zero-order chi connectivity index (χ0) is 34.8. The van der Waals surface area contributed by atoms with Gasteiger partial charge in [0.2, 0.25) is 0 Å². The summed E-state index contributed by atoms with van der Waals surface area (Å²) in [7, 11) is 0. The second kappa shape index (κ2) is 12.1. The van der Waals surface area contributed by atoms with E-state index in [1.54, 1.807) is 13.2 Å². The first-order valence-electron chi connectivity index (χ1n) is 18.2. The summed E-state index contributed by atoms with van der Waals surface area (Å²) < 4.78 is 6.17. The molecule has 0 radical (unpaired) electrons. The molecule has 0 N–H and O–H groups in total. The van der Waals surface area contributed by atoms with E-state index in [4.69, 9.17) is 0 Å². The molecule has 2 heteroatoms. The molecule has 0 aromatic heterocycles. The summed E-state index contributed by atoms with van der Waals surface area (Å²) in [5.41, 5.74) is 16.6.